The summed E-state index contributed by atoms with van der Waals surface area (Å²) in [6.07, 6.45) is 2.18. The first kappa shape index (κ1) is 14.5. The highest BCUT2D eigenvalue weighted by molar-refractivity contribution is 5.97. The summed E-state index contributed by atoms with van der Waals surface area (Å²) in [5.41, 5.74) is 2.20. The van der Waals surface area contributed by atoms with Crippen LogP contribution in [0.15, 0.2) is 12.3 Å². The Kier molecular flexibility index (Phi) is 4.34. The number of aromatic nitrogens is 3. The molecule has 0 fully saturated rings. The minimum Gasteiger partial charge on any atom is -0.396 e. The summed E-state index contributed by atoms with van der Waals surface area (Å²) in [5, 5.41) is 14.1. The molecule has 0 aliphatic rings. The van der Waals surface area contributed by atoms with Crippen LogP contribution in [-0.4, -0.2) is 50.4 Å². The number of rotatable bonds is 5. The molecule has 6 nitrogen and oxygen atoms in total. The van der Waals surface area contributed by atoms with Crippen LogP contribution in [0.4, 0.5) is 0 Å². The van der Waals surface area contributed by atoms with Gasteiger partial charge in [-0.3, -0.25) is 9.48 Å². The molecule has 20 heavy (non-hydrogen) atoms. The van der Waals surface area contributed by atoms with E-state index in [9.17, 15) is 4.79 Å². The molecule has 0 unspecified atom stereocenters. The van der Waals surface area contributed by atoms with Crippen LogP contribution in [-0.2, 0) is 7.05 Å². The van der Waals surface area contributed by atoms with Gasteiger partial charge < -0.3 is 10.0 Å². The summed E-state index contributed by atoms with van der Waals surface area (Å²) in [4.78, 5) is 18.5. The van der Waals surface area contributed by atoms with Gasteiger partial charge in [0.15, 0.2) is 5.65 Å². The van der Waals surface area contributed by atoms with Crippen molar-refractivity contribution in [2.75, 3.05) is 19.7 Å². The Bertz CT molecular complexity index is 621. The summed E-state index contributed by atoms with van der Waals surface area (Å²) in [5.74, 6) is -0.0568. The number of hydrogen-bond donors (Lipinski definition) is 1. The Hall–Kier alpha value is -1.95. The first-order chi connectivity index (χ1) is 9.58. The maximum atomic E-state index is 12.4. The second-order valence-electron chi connectivity index (χ2n) is 4.77. The molecule has 2 heterocycles. The highest BCUT2D eigenvalue weighted by Gasteiger charge is 2.16. The summed E-state index contributed by atoms with van der Waals surface area (Å²) < 4.78 is 1.71. The number of aryl methyl sites for hydroxylation is 2. The van der Waals surface area contributed by atoms with Crippen molar-refractivity contribution in [2.45, 2.75) is 20.3 Å². The number of amides is 1. The van der Waals surface area contributed by atoms with E-state index < -0.39 is 0 Å². The van der Waals surface area contributed by atoms with Crippen LogP contribution in [0, 0.1) is 6.92 Å². The van der Waals surface area contributed by atoms with E-state index in [-0.39, 0.29) is 12.5 Å². The van der Waals surface area contributed by atoms with E-state index in [2.05, 4.69) is 10.1 Å². The standard InChI is InChI=1S/C14H20N4O2/c1-4-18(6-5-7-19)14(20)11-8-12-10(2)16-17(3)13(12)15-9-11/h8-9,19H,4-7H2,1-3H3. The molecular formula is C14H20N4O2. The molecule has 0 aliphatic carbocycles. The van der Waals surface area contributed by atoms with Crippen LogP contribution in [0.3, 0.4) is 0 Å². The van der Waals surface area contributed by atoms with Gasteiger partial charge in [-0.15, -0.1) is 0 Å². The van der Waals surface area contributed by atoms with Crippen LogP contribution < -0.4 is 0 Å². The average molecular weight is 276 g/mol. The fourth-order valence-corrected chi connectivity index (χ4v) is 2.27. The SMILES string of the molecule is CCN(CCCO)C(=O)c1cnc2c(c1)c(C)nn2C. The minimum absolute atomic E-state index is 0.0568. The fraction of sp³-hybridized carbons (Fsp3) is 0.500. The Morgan fingerprint density at radius 3 is 2.90 bits per heavy atom. The normalized spacial score (nSPS) is 11.0. The zero-order valence-electron chi connectivity index (χ0n) is 12.1. The fourth-order valence-electron chi connectivity index (χ4n) is 2.27. The summed E-state index contributed by atoms with van der Waals surface area (Å²) >= 11 is 0. The molecule has 0 saturated heterocycles. The van der Waals surface area contributed by atoms with Crippen LogP contribution >= 0.6 is 0 Å². The number of hydrogen-bond acceptors (Lipinski definition) is 4. The van der Waals surface area contributed by atoms with Crippen molar-refractivity contribution in [1.29, 1.82) is 0 Å². The number of pyridine rings is 1. The lowest BCUT2D eigenvalue weighted by atomic mass is 10.2. The van der Waals surface area contributed by atoms with E-state index in [1.165, 1.54) is 0 Å². The summed E-state index contributed by atoms with van der Waals surface area (Å²) in [7, 11) is 1.84. The lowest BCUT2D eigenvalue weighted by Crippen LogP contribution is -2.32. The van der Waals surface area contributed by atoms with Gasteiger partial charge in [0.25, 0.3) is 5.91 Å². The minimum atomic E-state index is -0.0568. The largest absolute Gasteiger partial charge is 0.396 e. The first-order valence-corrected chi connectivity index (χ1v) is 6.78. The van der Waals surface area contributed by atoms with Crippen molar-refractivity contribution in [3.05, 3.63) is 23.5 Å². The van der Waals surface area contributed by atoms with Gasteiger partial charge in [-0.1, -0.05) is 0 Å². The number of aliphatic hydroxyl groups excluding tert-OH is 1. The van der Waals surface area contributed by atoms with Crippen LogP contribution in [0.2, 0.25) is 0 Å². The van der Waals surface area contributed by atoms with Crippen LogP contribution in [0.5, 0.6) is 0 Å². The van der Waals surface area contributed by atoms with Gasteiger partial charge >= 0.3 is 0 Å². The molecule has 0 aliphatic heterocycles. The zero-order valence-corrected chi connectivity index (χ0v) is 12.1. The van der Waals surface area contributed by atoms with Crippen LogP contribution in [0.1, 0.15) is 29.4 Å². The van der Waals surface area contributed by atoms with E-state index in [1.54, 1.807) is 15.8 Å². The Morgan fingerprint density at radius 1 is 1.50 bits per heavy atom. The van der Waals surface area contributed by atoms with Crippen LogP contribution in [0.25, 0.3) is 11.0 Å². The number of carbonyl (C=O) groups excluding carboxylic acids is 1. The number of fused-ring (bicyclic) bond motifs is 1. The third-order valence-electron chi connectivity index (χ3n) is 3.37. The van der Waals surface area contributed by atoms with Gasteiger partial charge in [-0.05, 0) is 26.3 Å². The quantitative estimate of drug-likeness (QED) is 0.888. The van der Waals surface area contributed by atoms with Gasteiger partial charge in [0, 0.05) is 38.3 Å². The molecule has 108 valence electrons. The molecular weight excluding hydrogens is 256 g/mol. The monoisotopic (exact) mass is 276 g/mol. The third-order valence-corrected chi connectivity index (χ3v) is 3.37. The van der Waals surface area contributed by atoms with Gasteiger partial charge in [0.2, 0.25) is 0 Å². The number of aliphatic hydroxyl groups is 1. The smallest absolute Gasteiger partial charge is 0.255 e. The highest BCUT2D eigenvalue weighted by Crippen LogP contribution is 2.17. The molecule has 2 rings (SSSR count). The molecule has 0 radical (unpaired) electrons. The Balaban J connectivity index is 2.32. The van der Waals surface area contributed by atoms with Gasteiger partial charge in [-0.2, -0.15) is 5.10 Å². The topological polar surface area (TPSA) is 71.2 Å². The lowest BCUT2D eigenvalue weighted by molar-refractivity contribution is 0.0754. The van der Waals surface area contributed by atoms with Crippen molar-refractivity contribution in [3.8, 4) is 0 Å². The highest BCUT2D eigenvalue weighted by atomic mass is 16.3. The summed E-state index contributed by atoms with van der Waals surface area (Å²) in [6.45, 7) is 5.08. The second-order valence-corrected chi connectivity index (χ2v) is 4.77. The predicted octanol–water partition coefficient (Wildman–Crippen LogP) is 1.12. The zero-order chi connectivity index (χ0) is 14.7. The van der Waals surface area contributed by atoms with Crippen molar-refractivity contribution in [3.63, 3.8) is 0 Å². The summed E-state index contributed by atoms with van der Waals surface area (Å²) in [6, 6.07) is 1.84. The van der Waals surface area contributed by atoms with Crippen molar-refractivity contribution in [2.24, 2.45) is 7.05 Å². The maximum absolute atomic E-state index is 12.4. The molecule has 2 aromatic heterocycles. The van der Waals surface area contributed by atoms with E-state index in [4.69, 9.17) is 5.11 Å². The first-order valence-electron chi connectivity index (χ1n) is 6.78. The van der Waals surface area contributed by atoms with Gasteiger partial charge in [0.1, 0.15) is 0 Å². The Labute approximate surface area is 118 Å². The van der Waals surface area contributed by atoms with E-state index in [0.717, 1.165) is 16.7 Å². The van der Waals surface area contributed by atoms with Gasteiger partial charge in [0.05, 0.1) is 11.3 Å². The molecule has 0 atom stereocenters. The van der Waals surface area contributed by atoms with Gasteiger partial charge in [-0.25, -0.2) is 4.98 Å². The molecule has 1 amide bonds. The second kappa shape index (κ2) is 6.00. The third kappa shape index (κ3) is 2.65. The lowest BCUT2D eigenvalue weighted by Gasteiger charge is -2.20. The predicted molar refractivity (Wildman–Crippen MR) is 76.5 cm³/mol. The van der Waals surface area contributed by atoms with E-state index >= 15 is 0 Å². The van der Waals surface area contributed by atoms with Crippen molar-refractivity contribution in [1.82, 2.24) is 19.7 Å². The molecule has 6 heteroatoms. The molecule has 1 N–H and O–H groups in total. The molecule has 0 saturated carbocycles. The molecule has 0 spiro atoms. The van der Waals surface area contributed by atoms with E-state index in [0.29, 0.717) is 25.1 Å². The molecule has 2 aromatic rings. The van der Waals surface area contributed by atoms with Crippen molar-refractivity contribution >= 4 is 16.9 Å². The molecule has 0 bridgehead atoms. The number of nitrogens with zero attached hydrogens (tertiary/aromatic N) is 4. The maximum Gasteiger partial charge on any atom is 0.255 e. The average Bonchev–Trinajstić information content (AvgIpc) is 2.74. The van der Waals surface area contributed by atoms with Crippen molar-refractivity contribution < 1.29 is 9.90 Å². The number of carbonyl (C=O) groups is 1. The molecule has 0 aromatic carbocycles. The Morgan fingerprint density at radius 2 is 2.25 bits per heavy atom. The van der Waals surface area contributed by atoms with E-state index in [1.807, 2.05) is 27.0 Å².